The zero-order chi connectivity index (χ0) is 14.3. The van der Waals surface area contributed by atoms with E-state index >= 15 is 0 Å². The van der Waals surface area contributed by atoms with E-state index in [1.54, 1.807) is 12.2 Å². The number of halogens is 2. The van der Waals surface area contributed by atoms with Gasteiger partial charge in [-0.3, -0.25) is 4.79 Å². The van der Waals surface area contributed by atoms with Crippen LogP contribution in [0.25, 0.3) is 0 Å². The summed E-state index contributed by atoms with van der Waals surface area (Å²) in [6.45, 7) is 7.79. The summed E-state index contributed by atoms with van der Waals surface area (Å²) < 4.78 is 18.1. The molecule has 5 heteroatoms. The van der Waals surface area contributed by atoms with Crippen molar-refractivity contribution in [1.82, 2.24) is 4.90 Å². The van der Waals surface area contributed by atoms with E-state index in [1.807, 2.05) is 0 Å². The van der Waals surface area contributed by atoms with Crippen molar-refractivity contribution in [3.8, 4) is 5.75 Å². The number of hydrogen-bond donors (Lipinski definition) is 0. The van der Waals surface area contributed by atoms with Gasteiger partial charge in [-0.1, -0.05) is 23.8 Å². The smallest absolute Gasteiger partial charge is 0.261 e. The molecular formula is C14H15ClFNO2. The molecule has 0 aliphatic rings. The van der Waals surface area contributed by atoms with Crippen molar-refractivity contribution >= 4 is 17.5 Å². The van der Waals surface area contributed by atoms with Gasteiger partial charge >= 0.3 is 0 Å². The summed E-state index contributed by atoms with van der Waals surface area (Å²) in [6, 6.07) is 3.74. The van der Waals surface area contributed by atoms with Crippen LogP contribution in [0.1, 0.15) is 0 Å². The second-order valence-corrected chi connectivity index (χ2v) is 4.15. The molecule has 0 saturated heterocycles. The maximum absolute atomic E-state index is 12.8. The average molecular weight is 284 g/mol. The van der Waals surface area contributed by atoms with Crippen LogP contribution in [-0.4, -0.2) is 30.5 Å². The Balaban J connectivity index is 2.61. The molecule has 1 aromatic carbocycles. The zero-order valence-electron chi connectivity index (χ0n) is 10.4. The molecule has 0 atom stereocenters. The van der Waals surface area contributed by atoms with Gasteiger partial charge in [0.25, 0.3) is 5.91 Å². The lowest BCUT2D eigenvalue weighted by Crippen LogP contribution is -2.35. The first-order chi connectivity index (χ1) is 9.08. The predicted octanol–water partition coefficient (Wildman–Crippen LogP) is 3.06. The first kappa shape index (κ1) is 15.2. The molecule has 0 aromatic heterocycles. The van der Waals surface area contributed by atoms with E-state index in [0.717, 1.165) is 6.07 Å². The maximum Gasteiger partial charge on any atom is 0.261 e. The number of amides is 1. The monoisotopic (exact) mass is 283 g/mol. The molecule has 1 rings (SSSR count). The number of hydrogen-bond acceptors (Lipinski definition) is 2. The highest BCUT2D eigenvalue weighted by molar-refractivity contribution is 6.32. The quantitative estimate of drug-likeness (QED) is 0.720. The summed E-state index contributed by atoms with van der Waals surface area (Å²) in [5.41, 5.74) is 0. The molecule has 19 heavy (non-hydrogen) atoms. The summed E-state index contributed by atoms with van der Waals surface area (Å²) >= 11 is 5.79. The van der Waals surface area contributed by atoms with Crippen molar-refractivity contribution in [2.45, 2.75) is 0 Å². The first-order valence-electron chi connectivity index (χ1n) is 5.66. The molecule has 0 spiro atoms. The number of benzene rings is 1. The highest BCUT2D eigenvalue weighted by Crippen LogP contribution is 2.24. The van der Waals surface area contributed by atoms with Gasteiger partial charge in [-0.2, -0.15) is 0 Å². The van der Waals surface area contributed by atoms with Gasteiger partial charge in [0.1, 0.15) is 11.6 Å². The van der Waals surface area contributed by atoms with Gasteiger partial charge in [0.15, 0.2) is 6.61 Å². The molecule has 0 fully saturated rings. The normalized spacial score (nSPS) is 9.79. The van der Waals surface area contributed by atoms with Crippen LogP contribution in [0.3, 0.4) is 0 Å². The molecule has 0 aliphatic carbocycles. The van der Waals surface area contributed by atoms with Crippen molar-refractivity contribution in [3.05, 3.63) is 54.3 Å². The fourth-order valence-corrected chi connectivity index (χ4v) is 1.63. The predicted molar refractivity (Wildman–Crippen MR) is 73.9 cm³/mol. The standard InChI is InChI=1S/C14H15ClFNO2/c1-3-7-17(8-4-2)14(18)10-19-13-6-5-11(16)9-12(13)15/h3-6,9H,1-2,7-8,10H2. The summed E-state index contributed by atoms with van der Waals surface area (Å²) in [4.78, 5) is 13.4. The van der Waals surface area contributed by atoms with E-state index in [-0.39, 0.29) is 23.3 Å². The van der Waals surface area contributed by atoms with Crippen molar-refractivity contribution in [2.24, 2.45) is 0 Å². The topological polar surface area (TPSA) is 29.5 Å². The number of carbonyl (C=O) groups excluding carboxylic acids is 1. The molecule has 102 valence electrons. The minimum Gasteiger partial charge on any atom is -0.482 e. The fraction of sp³-hybridized carbons (Fsp3) is 0.214. The molecule has 0 heterocycles. The minimum absolute atomic E-state index is 0.131. The molecule has 1 aromatic rings. The summed E-state index contributed by atoms with van der Waals surface area (Å²) in [5, 5.41) is 0.131. The van der Waals surface area contributed by atoms with Gasteiger partial charge in [-0.15, -0.1) is 13.2 Å². The second kappa shape index (κ2) is 7.59. The van der Waals surface area contributed by atoms with Crippen LogP contribution in [-0.2, 0) is 4.79 Å². The minimum atomic E-state index is -0.455. The van der Waals surface area contributed by atoms with Gasteiger partial charge in [0.05, 0.1) is 5.02 Å². The Kier molecular flexibility index (Phi) is 6.09. The lowest BCUT2D eigenvalue weighted by Gasteiger charge is -2.19. The number of nitrogens with zero attached hydrogens (tertiary/aromatic N) is 1. The van der Waals surface area contributed by atoms with E-state index < -0.39 is 5.82 Å². The van der Waals surface area contributed by atoms with Crippen molar-refractivity contribution in [1.29, 1.82) is 0 Å². The lowest BCUT2D eigenvalue weighted by molar-refractivity contribution is -0.132. The molecule has 0 saturated carbocycles. The Labute approximate surface area is 116 Å². The number of rotatable bonds is 7. The van der Waals surface area contributed by atoms with Crippen LogP contribution in [0.4, 0.5) is 4.39 Å². The Hall–Kier alpha value is -1.81. The van der Waals surface area contributed by atoms with E-state index in [2.05, 4.69) is 13.2 Å². The van der Waals surface area contributed by atoms with Gasteiger partial charge in [0.2, 0.25) is 0 Å². The van der Waals surface area contributed by atoms with E-state index in [0.29, 0.717) is 13.1 Å². The van der Waals surface area contributed by atoms with Gasteiger partial charge < -0.3 is 9.64 Å². The molecule has 0 N–H and O–H groups in total. The van der Waals surface area contributed by atoms with Crippen LogP contribution >= 0.6 is 11.6 Å². The summed E-state index contributed by atoms with van der Waals surface area (Å²) in [6.07, 6.45) is 3.23. The van der Waals surface area contributed by atoms with Crippen LogP contribution in [0.2, 0.25) is 5.02 Å². The highest BCUT2D eigenvalue weighted by atomic mass is 35.5. The Bertz CT molecular complexity index is 467. The van der Waals surface area contributed by atoms with Crippen LogP contribution in [0.5, 0.6) is 5.75 Å². The average Bonchev–Trinajstić information content (AvgIpc) is 2.37. The van der Waals surface area contributed by atoms with Gasteiger partial charge in [-0.25, -0.2) is 4.39 Å². The Morgan fingerprint density at radius 2 is 2.00 bits per heavy atom. The van der Waals surface area contributed by atoms with E-state index in [4.69, 9.17) is 16.3 Å². The fourth-order valence-electron chi connectivity index (χ4n) is 1.41. The third-order valence-electron chi connectivity index (χ3n) is 2.30. The molecule has 3 nitrogen and oxygen atoms in total. The van der Waals surface area contributed by atoms with E-state index in [1.165, 1.54) is 17.0 Å². The zero-order valence-corrected chi connectivity index (χ0v) is 11.2. The highest BCUT2D eigenvalue weighted by Gasteiger charge is 2.12. The van der Waals surface area contributed by atoms with Crippen molar-refractivity contribution in [3.63, 3.8) is 0 Å². The van der Waals surface area contributed by atoms with Gasteiger partial charge in [0, 0.05) is 13.1 Å². The molecule has 0 radical (unpaired) electrons. The Morgan fingerprint density at radius 3 is 2.53 bits per heavy atom. The SMILES string of the molecule is C=CCN(CC=C)C(=O)COc1ccc(F)cc1Cl. The molecule has 0 bridgehead atoms. The lowest BCUT2D eigenvalue weighted by atomic mass is 10.3. The van der Waals surface area contributed by atoms with E-state index in [9.17, 15) is 9.18 Å². The van der Waals surface area contributed by atoms with Crippen LogP contribution in [0, 0.1) is 5.82 Å². The third kappa shape index (κ3) is 4.75. The maximum atomic E-state index is 12.8. The molecular weight excluding hydrogens is 269 g/mol. The largest absolute Gasteiger partial charge is 0.482 e. The van der Waals surface area contributed by atoms with Crippen LogP contribution < -0.4 is 4.74 Å². The van der Waals surface area contributed by atoms with Crippen molar-refractivity contribution < 1.29 is 13.9 Å². The number of ether oxygens (including phenoxy) is 1. The summed E-state index contributed by atoms with van der Waals surface area (Å²) in [5.74, 6) is -0.405. The summed E-state index contributed by atoms with van der Waals surface area (Å²) in [7, 11) is 0. The van der Waals surface area contributed by atoms with Crippen LogP contribution in [0.15, 0.2) is 43.5 Å². The van der Waals surface area contributed by atoms with Gasteiger partial charge in [-0.05, 0) is 18.2 Å². The molecule has 0 unspecified atom stereocenters. The molecule has 0 aliphatic heterocycles. The molecule has 1 amide bonds. The third-order valence-corrected chi connectivity index (χ3v) is 2.59. The second-order valence-electron chi connectivity index (χ2n) is 3.74. The first-order valence-corrected chi connectivity index (χ1v) is 6.03. The number of carbonyl (C=O) groups is 1. The Morgan fingerprint density at radius 1 is 1.37 bits per heavy atom. The van der Waals surface area contributed by atoms with Crippen molar-refractivity contribution in [2.75, 3.05) is 19.7 Å².